The summed E-state index contributed by atoms with van der Waals surface area (Å²) < 4.78 is 35.3. The maximum Gasteiger partial charge on any atom is 0.317 e. The molecule has 2 aliphatic rings. The van der Waals surface area contributed by atoms with E-state index in [0.717, 1.165) is 5.56 Å². The van der Waals surface area contributed by atoms with Crippen molar-refractivity contribution >= 4 is 16.1 Å². The summed E-state index contributed by atoms with van der Waals surface area (Å²) in [6.45, 7) is 5.10. The van der Waals surface area contributed by atoms with Crippen LogP contribution in [0.2, 0.25) is 0 Å². The number of carbonyl (C=O) groups excluding carboxylic acids is 1. The molecule has 2 aromatic carbocycles. The summed E-state index contributed by atoms with van der Waals surface area (Å²) in [5.74, 6) is 0.383. The fourth-order valence-electron chi connectivity index (χ4n) is 4.26. The summed E-state index contributed by atoms with van der Waals surface area (Å²) in [4.78, 5) is 14.5. The summed E-state index contributed by atoms with van der Waals surface area (Å²) in [5.41, 5.74) is 0.919. The summed E-state index contributed by atoms with van der Waals surface area (Å²) >= 11 is 0. The van der Waals surface area contributed by atoms with E-state index in [9.17, 15) is 13.2 Å². The maximum atomic E-state index is 13.7. The molecule has 166 valence electrons. The zero-order valence-electron chi connectivity index (χ0n) is 17.9. The number of rotatable bonds is 3. The van der Waals surface area contributed by atoms with Crippen molar-refractivity contribution in [2.24, 2.45) is 0 Å². The van der Waals surface area contributed by atoms with Gasteiger partial charge in [-0.1, -0.05) is 42.5 Å². The highest BCUT2D eigenvalue weighted by molar-refractivity contribution is 7.89. The van der Waals surface area contributed by atoms with Crippen LogP contribution < -0.4 is 10.1 Å². The van der Waals surface area contributed by atoms with Crippen LogP contribution in [0.25, 0.3) is 0 Å². The minimum absolute atomic E-state index is 0.0410. The van der Waals surface area contributed by atoms with Crippen LogP contribution >= 0.6 is 0 Å². The van der Waals surface area contributed by atoms with Gasteiger partial charge in [-0.15, -0.1) is 0 Å². The van der Waals surface area contributed by atoms with E-state index in [1.165, 1.54) is 0 Å². The standard InChI is InChI=1S/C23H29N3O4S/c1-17(2)24-23(27)25-14-12-19-20(13-15-25)30-21-10-6-7-11-22(21)31(28,29)26(19)16-18-8-4-3-5-9-18/h3-11,17,19-20H,12-16H2,1-2H3,(H,24,27)/t19-,20-/m0/s1. The molecule has 4 rings (SSSR count). The van der Waals surface area contributed by atoms with E-state index in [4.69, 9.17) is 4.74 Å². The number of sulfonamides is 1. The van der Waals surface area contributed by atoms with Crippen LogP contribution in [0.3, 0.4) is 0 Å². The second-order valence-corrected chi connectivity index (χ2v) is 10.2. The molecule has 2 aliphatic heterocycles. The van der Waals surface area contributed by atoms with E-state index in [-0.39, 0.29) is 35.7 Å². The molecular weight excluding hydrogens is 414 g/mol. The van der Waals surface area contributed by atoms with Crippen molar-refractivity contribution in [2.45, 2.75) is 56.3 Å². The van der Waals surface area contributed by atoms with Gasteiger partial charge in [-0.2, -0.15) is 4.31 Å². The van der Waals surface area contributed by atoms with Gasteiger partial charge in [0.2, 0.25) is 10.0 Å². The molecule has 2 heterocycles. The van der Waals surface area contributed by atoms with Crippen LogP contribution in [-0.4, -0.2) is 54.9 Å². The number of carbonyl (C=O) groups is 1. The van der Waals surface area contributed by atoms with Gasteiger partial charge in [0, 0.05) is 32.1 Å². The fraction of sp³-hybridized carbons (Fsp3) is 0.435. The molecule has 0 radical (unpaired) electrons. The molecule has 8 heteroatoms. The van der Waals surface area contributed by atoms with Gasteiger partial charge in [-0.05, 0) is 38.0 Å². The third kappa shape index (κ3) is 4.55. The Morgan fingerprint density at radius 3 is 2.48 bits per heavy atom. The molecule has 2 aromatic rings. The quantitative estimate of drug-likeness (QED) is 0.790. The summed E-state index contributed by atoms with van der Waals surface area (Å²) in [6, 6.07) is 16.0. The number of fused-ring (bicyclic) bond motifs is 2. The number of hydrogen-bond acceptors (Lipinski definition) is 4. The lowest BCUT2D eigenvalue weighted by molar-refractivity contribution is 0.110. The summed E-state index contributed by atoms with van der Waals surface area (Å²) in [7, 11) is -3.77. The number of amides is 2. The number of benzene rings is 2. The van der Waals surface area contributed by atoms with Crippen LogP contribution in [0.4, 0.5) is 4.79 Å². The number of para-hydroxylation sites is 1. The van der Waals surface area contributed by atoms with Crippen LogP contribution in [0, 0.1) is 0 Å². The van der Waals surface area contributed by atoms with Gasteiger partial charge < -0.3 is 15.0 Å². The molecule has 1 saturated heterocycles. The van der Waals surface area contributed by atoms with Crippen LogP contribution in [0.1, 0.15) is 32.3 Å². The molecule has 0 saturated carbocycles. The van der Waals surface area contributed by atoms with Crippen molar-refractivity contribution in [1.82, 2.24) is 14.5 Å². The Hall–Kier alpha value is -2.58. The van der Waals surface area contributed by atoms with Gasteiger partial charge >= 0.3 is 6.03 Å². The predicted octanol–water partition coefficient (Wildman–Crippen LogP) is 3.22. The topological polar surface area (TPSA) is 79.0 Å². The molecule has 0 aromatic heterocycles. The fourth-order valence-corrected chi connectivity index (χ4v) is 6.05. The van der Waals surface area contributed by atoms with Crippen molar-refractivity contribution in [3.63, 3.8) is 0 Å². The van der Waals surface area contributed by atoms with Crippen molar-refractivity contribution in [3.8, 4) is 5.75 Å². The van der Waals surface area contributed by atoms with Crippen molar-refractivity contribution in [3.05, 3.63) is 60.2 Å². The first-order chi connectivity index (χ1) is 14.9. The van der Waals surface area contributed by atoms with E-state index in [2.05, 4.69) is 5.32 Å². The Bertz CT molecular complexity index is 1030. The van der Waals surface area contributed by atoms with Crippen LogP contribution in [0.5, 0.6) is 5.75 Å². The Balaban J connectivity index is 1.70. The zero-order valence-corrected chi connectivity index (χ0v) is 18.7. The zero-order chi connectivity index (χ0) is 22.0. The van der Waals surface area contributed by atoms with Crippen molar-refractivity contribution in [2.75, 3.05) is 13.1 Å². The monoisotopic (exact) mass is 443 g/mol. The third-order valence-corrected chi connectivity index (χ3v) is 7.68. The largest absolute Gasteiger partial charge is 0.487 e. The van der Waals surface area contributed by atoms with E-state index >= 15 is 0 Å². The average molecular weight is 444 g/mol. The van der Waals surface area contributed by atoms with Crippen molar-refractivity contribution in [1.29, 1.82) is 0 Å². The van der Waals surface area contributed by atoms with Gasteiger partial charge in [0.05, 0.1) is 6.04 Å². The van der Waals surface area contributed by atoms with Crippen molar-refractivity contribution < 1.29 is 17.9 Å². The molecule has 0 bridgehead atoms. The first-order valence-electron chi connectivity index (χ1n) is 10.7. The molecule has 2 atom stereocenters. The van der Waals surface area contributed by atoms with Crippen LogP contribution in [0.15, 0.2) is 59.5 Å². The number of likely N-dealkylation sites (tertiary alicyclic amines) is 1. The second-order valence-electron chi connectivity index (χ2n) is 8.37. The third-order valence-electron chi connectivity index (χ3n) is 5.77. The molecule has 31 heavy (non-hydrogen) atoms. The van der Waals surface area contributed by atoms with E-state index < -0.39 is 10.0 Å². The molecule has 7 nitrogen and oxygen atoms in total. The summed E-state index contributed by atoms with van der Waals surface area (Å²) in [6.07, 6.45) is 0.737. The molecule has 1 fully saturated rings. The number of urea groups is 1. The highest BCUT2D eigenvalue weighted by Crippen LogP contribution is 2.37. The number of ether oxygens (including phenoxy) is 1. The van der Waals surface area contributed by atoms with E-state index in [0.29, 0.717) is 31.7 Å². The lowest BCUT2D eigenvalue weighted by Crippen LogP contribution is -2.46. The number of hydrogen-bond donors (Lipinski definition) is 1. The first kappa shape index (κ1) is 21.6. The van der Waals surface area contributed by atoms with E-state index in [1.54, 1.807) is 33.5 Å². The number of nitrogens with zero attached hydrogens (tertiary/aromatic N) is 2. The molecule has 1 N–H and O–H groups in total. The Morgan fingerprint density at radius 2 is 1.74 bits per heavy atom. The van der Waals surface area contributed by atoms with E-state index in [1.807, 2.05) is 44.2 Å². The molecule has 0 aliphatic carbocycles. The Kier molecular flexibility index (Phi) is 6.20. The predicted molar refractivity (Wildman–Crippen MR) is 118 cm³/mol. The molecular formula is C23H29N3O4S. The Labute approximate surface area is 184 Å². The molecule has 2 amide bonds. The minimum atomic E-state index is -3.77. The molecule has 0 spiro atoms. The Morgan fingerprint density at radius 1 is 1.06 bits per heavy atom. The SMILES string of the molecule is CC(C)NC(=O)N1CC[C@@H]2Oc3ccccc3S(=O)(=O)N(Cc3ccccc3)[C@H]2CC1. The lowest BCUT2D eigenvalue weighted by Gasteiger charge is -2.31. The second kappa shape index (κ2) is 8.88. The highest BCUT2D eigenvalue weighted by Gasteiger charge is 2.43. The van der Waals surface area contributed by atoms with Gasteiger partial charge in [-0.3, -0.25) is 0 Å². The summed E-state index contributed by atoms with van der Waals surface area (Å²) in [5, 5.41) is 2.93. The van der Waals surface area contributed by atoms with Gasteiger partial charge in [-0.25, -0.2) is 13.2 Å². The van der Waals surface area contributed by atoms with Gasteiger partial charge in [0.25, 0.3) is 0 Å². The molecule has 0 unspecified atom stereocenters. The minimum Gasteiger partial charge on any atom is -0.487 e. The lowest BCUT2D eigenvalue weighted by atomic mass is 10.1. The smallest absolute Gasteiger partial charge is 0.317 e. The normalized spacial score (nSPS) is 23.1. The van der Waals surface area contributed by atoms with Gasteiger partial charge in [0.15, 0.2) is 0 Å². The first-order valence-corrected chi connectivity index (χ1v) is 12.2. The highest BCUT2D eigenvalue weighted by atomic mass is 32.2. The van der Waals surface area contributed by atoms with Crippen LogP contribution in [-0.2, 0) is 16.6 Å². The van der Waals surface area contributed by atoms with Gasteiger partial charge in [0.1, 0.15) is 16.7 Å². The average Bonchev–Trinajstić information content (AvgIpc) is 2.99. The maximum absolute atomic E-state index is 13.7. The number of nitrogens with one attached hydrogen (secondary N) is 1.